The van der Waals surface area contributed by atoms with E-state index in [1.807, 2.05) is 0 Å². The molecular formula is C16H21NO8. The quantitative estimate of drug-likeness (QED) is 0.367. The molecule has 0 saturated carbocycles. The second kappa shape index (κ2) is 7.89. The molecule has 1 aromatic carbocycles. The average Bonchev–Trinajstić information content (AvgIpc) is 2.59. The van der Waals surface area contributed by atoms with Crippen molar-refractivity contribution in [2.24, 2.45) is 0 Å². The van der Waals surface area contributed by atoms with Crippen LogP contribution in [0.15, 0.2) is 24.3 Å². The maximum atomic E-state index is 12.3. The van der Waals surface area contributed by atoms with Gasteiger partial charge in [0.05, 0.1) is 18.2 Å². The number of amides is 1. The number of aliphatic hydroxyl groups excluding tert-OH is 4. The molecule has 1 aliphatic rings. The van der Waals surface area contributed by atoms with E-state index >= 15 is 0 Å². The maximum absolute atomic E-state index is 12.3. The Labute approximate surface area is 143 Å². The number of hydrogen-bond donors (Lipinski definition) is 6. The molecule has 6 N–H and O–H groups in total. The summed E-state index contributed by atoms with van der Waals surface area (Å²) in [6.45, 7) is 0.953. The predicted octanol–water partition coefficient (Wildman–Crippen LogP) is -1.65. The summed E-state index contributed by atoms with van der Waals surface area (Å²) < 4.78 is 5.37. The van der Waals surface area contributed by atoms with Gasteiger partial charge in [0.25, 0.3) is 5.91 Å². The first-order valence-corrected chi connectivity index (χ1v) is 7.71. The number of benzene rings is 1. The molecule has 6 unspecified atom stereocenters. The zero-order valence-corrected chi connectivity index (χ0v) is 13.4. The lowest BCUT2D eigenvalue weighted by atomic mass is 9.91. The molecule has 9 nitrogen and oxygen atoms in total. The van der Waals surface area contributed by atoms with Crippen molar-refractivity contribution in [1.29, 1.82) is 0 Å². The molecule has 0 aromatic heterocycles. The number of carboxylic acids is 1. The second-order valence-electron chi connectivity index (χ2n) is 5.94. The van der Waals surface area contributed by atoms with Gasteiger partial charge in [0.1, 0.15) is 30.5 Å². The third-order valence-corrected chi connectivity index (χ3v) is 4.15. The predicted molar refractivity (Wildman–Crippen MR) is 84.1 cm³/mol. The highest BCUT2D eigenvalue weighted by Gasteiger charge is 2.45. The average molecular weight is 355 g/mol. The van der Waals surface area contributed by atoms with E-state index in [0.29, 0.717) is 0 Å². The van der Waals surface area contributed by atoms with Crippen LogP contribution in [0.3, 0.4) is 0 Å². The van der Waals surface area contributed by atoms with Crippen molar-refractivity contribution >= 4 is 11.9 Å². The van der Waals surface area contributed by atoms with Gasteiger partial charge in [-0.2, -0.15) is 0 Å². The SMILES string of the molecule is CC(NC(=O)c1cccc(C(=O)O)c1)C1OC(CO)C(O)C(O)C1O. The van der Waals surface area contributed by atoms with Gasteiger partial charge in [-0.05, 0) is 25.1 Å². The lowest BCUT2D eigenvalue weighted by Gasteiger charge is -2.42. The van der Waals surface area contributed by atoms with Gasteiger partial charge in [0.2, 0.25) is 0 Å². The van der Waals surface area contributed by atoms with E-state index in [1.165, 1.54) is 31.2 Å². The summed E-state index contributed by atoms with van der Waals surface area (Å²) in [6.07, 6.45) is -6.63. The lowest BCUT2D eigenvalue weighted by molar-refractivity contribution is -0.233. The van der Waals surface area contributed by atoms with Crippen molar-refractivity contribution < 1.29 is 39.9 Å². The van der Waals surface area contributed by atoms with Gasteiger partial charge >= 0.3 is 5.97 Å². The van der Waals surface area contributed by atoms with E-state index in [2.05, 4.69) is 5.32 Å². The third-order valence-electron chi connectivity index (χ3n) is 4.15. The maximum Gasteiger partial charge on any atom is 0.335 e. The van der Waals surface area contributed by atoms with E-state index in [0.717, 1.165) is 0 Å². The van der Waals surface area contributed by atoms with Crippen molar-refractivity contribution in [3.63, 3.8) is 0 Å². The van der Waals surface area contributed by atoms with Crippen LogP contribution in [0.25, 0.3) is 0 Å². The van der Waals surface area contributed by atoms with Crippen LogP contribution < -0.4 is 5.32 Å². The highest BCUT2D eigenvalue weighted by molar-refractivity contribution is 5.97. The molecule has 1 saturated heterocycles. The van der Waals surface area contributed by atoms with E-state index in [1.54, 1.807) is 0 Å². The Morgan fingerprint density at radius 1 is 1.16 bits per heavy atom. The summed E-state index contributed by atoms with van der Waals surface area (Å²) in [5.74, 6) is -1.76. The standard InChI is InChI=1S/C16H21NO8/c1-7(14-13(21)12(20)11(19)10(6-18)25-14)17-15(22)8-3-2-4-9(5-8)16(23)24/h2-5,7,10-14,18-21H,6H2,1H3,(H,17,22)(H,23,24). The molecule has 1 fully saturated rings. The Morgan fingerprint density at radius 3 is 2.40 bits per heavy atom. The summed E-state index contributed by atoms with van der Waals surface area (Å²) in [5, 5.41) is 50.3. The van der Waals surface area contributed by atoms with Gasteiger partial charge in [0, 0.05) is 5.56 Å². The Balaban J connectivity index is 2.10. The van der Waals surface area contributed by atoms with Crippen LogP contribution in [0.5, 0.6) is 0 Å². The molecule has 1 heterocycles. The molecule has 0 spiro atoms. The molecule has 0 aliphatic carbocycles. The normalized spacial score (nSPS) is 30.5. The van der Waals surface area contributed by atoms with Crippen molar-refractivity contribution in [1.82, 2.24) is 5.32 Å². The molecule has 2 rings (SSSR count). The van der Waals surface area contributed by atoms with Gasteiger partial charge in [-0.3, -0.25) is 4.79 Å². The number of carboxylic acid groups (broad SMARTS) is 1. The van der Waals surface area contributed by atoms with Gasteiger partial charge in [-0.15, -0.1) is 0 Å². The number of aromatic carboxylic acids is 1. The molecule has 1 amide bonds. The molecule has 9 heteroatoms. The van der Waals surface area contributed by atoms with Crippen LogP contribution in [-0.2, 0) is 4.74 Å². The molecule has 138 valence electrons. The number of hydrogen-bond acceptors (Lipinski definition) is 7. The summed E-state index contributed by atoms with van der Waals surface area (Å²) in [4.78, 5) is 23.2. The van der Waals surface area contributed by atoms with Crippen LogP contribution in [-0.4, -0.2) is 80.6 Å². The van der Waals surface area contributed by atoms with Gasteiger partial charge < -0.3 is 35.6 Å². The Kier molecular flexibility index (Phi) is 6.09. The number of rotatable bonds is 5. The van der Waals surface area contributed by atoms with Crippen LogP contribution in [0.1, 0.15) is 27.6 Å². The number of carbonyl (C=O) groups excluding carboxylic acids is 1. The zero-order valence-electron chi connectivity index (χ0n) is 13.4. The number of aliphatic hydroxyl groups is 4. The van der Waals surface area contributed by atoms with Crippen LogP contribution >= 0.6 is 0 Å². The van der Waals surface area contributed by atoms with Crippen molar-refractivity contribution in [3.05, 3.63) is 35.4 Å². The van der Waals surface area contributed by atoms with Gasteiger partial charge in [-0.25, -0.2) is 4.79 Å². The molecule has 6 atom stereocenters. The van der Waals surface area contributed by atoms with Crippen molar-refractivity contribution in [3.8, 4) is 0 Å². The topological polar surface area (TPSA) is 157 Å². The van der Waals surface area contributed by atoms with Crippen molar-refractivity contribution in [2.45, 2.75) is 43.5 Å². The van der Waals surface area contributed by atoms with Gasteiger partial charge in [0.15, 0.2) is 0 Å². The Bertz CT molecular complexity index is 634. The fourth-order valence-electron chi connectivity index (χ4n) is 2.71. The first-order valence-electron chi connectivity index (χ1n) is 7.71. The molecular weight excluding hydrogens is 334 g/mol. The van der Waals surface area contributed by atoms with Crippen LogP contribution in [0.4, 0.5) is 0 Å². The fraction of sp³-hybridized carbons (Fsp3) is 0.500. The van der Waals surface area contributed by atoms with Gasteiger partial charge in [-0.1, -0.05) is 6.07 Å². The summed E-state index contributed by atoms with van der Waals surface area (Å²) in [7, 11) is 0. The van der Waals surface area contributed by atoms with E-state index < -0.39 is 55.0 Å². The summed E-state index contributed by atoms with van der Waals surface area (Å²) in [5.41, 5.74) is 0.0597. The second-order valence-corrected chi connectivity index (χ2v) is 5.94. The monoisotopic (exact) mass is 355 g/mol. The van der Waals surface area contributed by atoms with Crippen molar-refractivity contribution in [2.75, 3.05) is 6.61 Å². The van der Waals surface area contributed by atoms with E-state index in [9.17, 15) is 30.0 Å². The molecule has 1 aromatic rings. The largest absolute Gasteiger partial charge is 0.478 e. The summed E-state index contributed by atoms with van der Waals surface area (Å²) >= 11 is 0. The first kappa shape index (κ1) is 19.3. The van der Waals surface area contributed by atoms with E-state index in [4.69, 9.17) is 9.84 Å². The third kappa shape index (κ3) is 4.14. The molecule has 0 bridgehead atoms. The molecule has 0 radical (unpaired) electrons. The molecule has 25 heavy (non-hydrogen) atoms. The first-order chi connectivity index (χ1) is 11.8. The minimum absolute atomic E-state index is 0.0480. The van der Waals surface area contributed by atoms with Crippen LogP contribution in [0.2, 0.25) is 0 Å². The number of nitrogens with one attached hydrogen (secondary N) is 1. The highest BCUT2D eigenvalue weighted by atomic mass is 16.5. The molecule has 1 aliphatic heterocycles. The smallest absolute Gasteiger partial charge is 0.335 e. The minimum Gasteiger partial charge on any atom is -0.478 e. The Hall–Kier alpha value is -2.04. The number of carbonyl (C=O) groups is 2. The Morgan fingerprint density at radius 2 is 1.80 bits per heavy atom. The van der Waals surface area contributed by atoms with E-state index in [-0.39, 0.29) is 11.1 Å². The zero-order chi connectivity index (χ0) is 18.7. The number of ether oxygens (including phenoxy) is 1. The summed E-state index contributed by atoms with van der Waals surface area (Å²) in [6, 6.07) is 4.63. The fourth-order valence-corrected chi connectivity index (χ4v) is 2.71. The lowest BCUT2D eigenvalue weighted by Crippen LogP contribution is -2.63. The van der Waals surface area contributed by atoms with Crippen LogP contribution in [0, 0.1) is 0 Å². The highest BCUT2D eigenvalue weighted by Crippen LogP contribution is 2.23. The minimum atomic E-state index is -1.54.